The van der Waals surface area contributed by atoms with Crippen molar-refractivity contribution in [3.8, 4) is 0 Å². The highest BCUT2D eigenvalue weighted by Crippen LogP contribution is 2.27. The molecule has 0 bridgehead atoms. The van der Waals surface area contributed by atoms with E-state index in [0.717, 1.165) is 0 Å². The Morgan fingerprint density at radius 2 is 2.12 bits per heavy atom. The van der Waals surface area contributed by atoms with Crippen LogP contribution in [0.3, 0.4) is 0 Å². The Morgan fingerprint density at radius 3 is 2.75 bits per heavy atom. The van der Waals surface area contributed by atoms with Gasteiger partial charge in [0.05, 0.1) is 11.9 Å². The van der Waals surface area contributed by atoms with Crippen molar-refractivity contribution in [2.24, 2.45) is 0 Å². The molecule has 3 nitrogen and oxygen atoms in total. The number of aliphatic hydroxyl groups is 1. The highest BCUT2D eigenvalue weighted by Gasteiger charge is 2.27. The van der Waals surface area contributed by atoms with Gasteiger partial charge in [-0.05, 0) is 24.6 Å². The summed E-state index contributed by atoms with van der Waals surface area (Å²) in [5, 5.41) is 10.3. The third-order valence-corrected chi connectivity index (χ3v) is 2.45. The Morgan fingerprint density at radius 1 is 1.31 bits per heavy atom. The number of benzene rings is 1. The maximum absolute atomic E-state index is 13.1. The van der Waals surface area contributed by atoms with Gasteiger partial charge in [0.25, 0.3) is 0 Å². The summed E-state index contributed by atoms with van der Waals surface area (Å²) in [6.45, 7) is 1.56. The zero-order chi connectivity index (χ0) is 11.6. The monoisotopic (exact) mass is 218 g/mol. The van der Waals surface area contributed by atoms with Crippen molar-refractivity contribution in [2.75, 3.05) is 0 Å². The number of hydrogen-bond donors (Lipinski definition) is 1. The molecule has 2 rings (SSSR count). The molecule has 4 heteroatoms. The average Bonchev–Trinajstić information content (AvgIpc) is 2.30. The lowest BCUT2D eigenvalue weighted by molar-refractivity contribution is 0.0966. The van der Waals surface area contributed by atoms with Gasteiger partial charge >= 0.3 is 0 Å². The van der Waals surface area contributed by atoms with Gasteiger partial charge in [0.2, 0.25) is 0 Å². The summed E-state index contributed by atoms with van der Waals surface area (Å²) in [4.78, 5) is 7.90. The van der Waals surface area contributed by atoms with E-state index in [1.807, 2.05) is 0 Å². The Kier molecular flexibility index (Phi) is 2.66. The smallest absolute Gasteiger partial charge is 0.130 e. The molecule has 1 heterocycles. The first-order chi connectivity index (χ1) is 7.60. The summed E-state index contributed by atoms with van der Waals surface area (Å²) in [6, 6.07) is 5.82. The summed E-state index contributed by atoms with van der Waals surface area (Å²) >= 11 is 0. The molecular formula is C12H11FN2O. The summed E-state index contributed by atoms with van der Waals surface area (Å²) in [6.07, 6.45) is 4.47. The van der Waals surface area contributed by atoms with E-state index < -0.39 is 5.60 Å². The van der Waals surface area contributed by atoms with Gasteiger partial charge in [-0.1, -0.05) is 12.1 Å². The number of halogens is 1. The molecule has 0 saturated heterocycles. The predicted octanol–water partition coefficient (Wildman–Crippen LogP) is 1.87. The third-order valence-electron chi connectivity index (χ3n) is 2.45. The molecule has 0 amide bonds. The number of nitrogens with zero attached hydrogens (tertiary/aromatic N) is 2. The molecule has 1 aromatic carbocycles. The van der Waals surface area contributed by atoms with Crippen LogP contribution in [-0.4, -0.2) is 15.1 Å². The minimum Gasteiger partial charge on any atom is -0.379 e. The van der Waals surface area contributed by atoms with E-state index in [4.69, 9.17) is 0 Å². The first kappa shape index (κ1) is 10.7. The molecule has 1 unspecified atom stereocenters. The van der Waals surface area contributed by atoms with E-state index in [2.05, 4.69) is 9.97 Å². The minimum absolute atomic E-state index is 0.387. The SMILES string of the molecule is CC(O)(c1cccc(F)c1)c1cnccn1. The van der Waals surface area contributed by atoms with Crippen LogP contribution in [0.4, 0.5) is 4.39 Å². The molecule has 0 aliphatic heterocycles. The number of rotatable bonds is 2. The van der Waals surface area contributed by atoms with E-state index >= 15 is 0 Å². The van der Waals surface area contributed by atoms with E-state index in [9.17, 15) is 9.50 Å². The lowest BCUT2D eigenvalue weighted by atomic mass is 9.93. The molecule has 0 radical (unpaired) electrons. The molecular weight excluding hydrogens is 207 g/mol. The van der Waals surface area contributed by atoms with Crippen LogP contribution in [0, 0.1) is 5.82 Å². The molecule has 1 N–H and O–H groups in total. The van der Waals surface area contributed by atoms with Crippen LogP contribution in [0.15, 0.2) is 42.9 Å². The van der Waals surface area contributed by atoms with Gasteiger partial charge in [0.15, 0.2) is 0 Å². The van der Waals surface area contributed by atoms with Gasteiger partial charge in [0.1, 0.15) is 11.4 Å². The molecule has 0 fully saturated rings. The second-order valence-corrected chi connectivity index (χ2v) is 3.67. The van der Waals surface area contributed by atoms with Gasteiger partial charge in [-0.2, -0.15) is 0 Å². The van der Waals surface area contributed by atoms with Crippen molar-refractivity contribution < 1.29 is 9.50 Å². The molecule has 0 aliphatic carbocycles. The lowest BCUT2D eigenvalue weighted by Gasteiger charge is -2.22. The fourth-order valence-corrected chi connectivity index (χ4v) is 1.49. The van der Waals surface area contributed by atoms with Crippen molar-refractivity contribution in [1.82, 2.24) is 9.97 Å². The standard InChI is InChI=1S/C12H11FN2O/c1-12(16,11-8-14-5-6-15-11)9-3-2-4-10(13)7-9/h2-8,16H,1H3. The van der Waals surface area contributed by atoms with Crippen LogP contribution in [0.5, 0.6) is 0 Å². The zero-order valence-corrected chi connectivity index (χ0v) is 8.76. The zero-order valence-electron chi connectivity index (χ0n) is 8.76. The van der Waals surface area contributed by atoms with Crippen molar-refractivity contribution >= 4 is 0 Å². The fourth-order valence-electron chi connectivity index (χ4n) is 1.49. The summed E-state index contributed by atoms with van der Waals surface area (Å²) in [5.41, 5.74) is -0.496. The Labute approximate surface area is 92.6 Å². The maximum atomic E-state index is 13.1. The average molecular weight is 218 g/mol. The third kappa shape index (κ3) is 1.92. The van der Waals surface area contributed by atoms with Gasteiger partial charge in [-0.25, -0.2) is 4.39 Å². The van der Waals surface area contributed by atoms with Crippen LogP contribution in [-0.2, 0) is 5.60 Å². The second kappa shape index (κ2) is 3.98. The Hall–Kier alpha value is -1.81. The molecule has 16 heavy (non-hydrogen) atoms. The molecule has 0 saturated carbocycles. The summed E-state index contributed by atoms with van der Waals surface area (Å²) in [7, 11) is 0. The highest BCUT2D eigenvalue weighted by atomic mass is 19.1. The highest BCUT2D eigenvalue weighted by molar-refractivity contribution is 5.30. The van der Waals surface area contributed by atoms with Crippen LogP contribution in [0.1, 0.15) is 18.2 Å². The number of hydrogen-bond acceptors (Lipinski definition) is 3. The molecule has 2 aromatic rings. The second-order valence-electron chi connectivity index (χ2n) is 3.67. The Bertz CT molecular complexity index is 485. The lowest BCUT2D eigenvalue weighted by Crippen LogP contribution is -2.24. The van der Waals surface area contributed by atoms with Crippen molar-refractivity contribution in [3.05, 3.63) is 59.9 Å². The van der Waals surface area contributed by atoms with Crippen molar-refractivity contribution in [2.45, 2.75) is 12.5 Å². The van der Waals surface area contributed by atoms with Crippen molar-refractivity contribution in [3.63, 3.8) is 0 Å². The van der Waals surface area contributed by atoms with E-state index in [1.165, 1.54) is 30.7 Å². The molecule has 1 aromatic heterocycles. The van der Waals surface area contributed by atoms with Crippen LogP contribution < -0.4 is 0 Å². The first-order valence-corrected chi connectivity index (χ1v) is 4.85. The van der Waals surface area contributed by atoms with Gasteiger partial charge < -0.3 is 5.11 Å². The molecule has 0 spiro atoms. The summed E-state index contributed by atoms with van der Waals surface area (Å²) in [5.74, 6) is -0.387. The van der Waals surface area contributed by atoms with Crippen molar-refractivity contribution in [1.29, 1.82) is 0 Å². The van der Waals surface area contributed by atoms with Gasteiger partial charge in [-0.3, -0.25) is 9.97 Å². The van der Waals surface area contributed by atoms with Crippen LogP contribution in [0.2, 0.25) is 0 Å². The molecule has 1 atom stereocenters. The topological polar surface area (TPSA) is 46.0 Å². The molecule has 0 aliphatic rings. The minimum atomic E-state index is -1.34. The normalized spacial score (nSPS) is 14.4. The quantitative estimate of drug-likeness (QED) is 0.837. The van der Waals surface area contributed by atoms with E-state index in [0.29, 0.717) is 11.3 Å². The van der Waals surface area contributed by atoms with Crippen LogP contribution >= 0.6 is 0 Å². The van der Waals surface area contributed by atoms with Gasteiger partial charge in [0, 0.05) is 12.4 Å². The fraction of sp³-hybridized carbons (Fsp3) is 0.167. The predicted molar refractivity (Wildman–Crippen MR) is 57.1 cm³/mol. The van der Waals surface area contributed by atoms with E-state index in [1.54, 1.807) is 19.1 Å². The molecule has 82 valence electrons. The largest absolute Gasteiger partial charge is 0.379 e. The maximum Gasteiger partial charge on any atom is 0.130 e. The number of aromatic nitrogens is 2. The van der Waals surface area contributed by atoms with Gasteiger partial charge in [-0.15, -0.1) is 0 Å². The first-order valence-electron chi connectivity index (χ1n) is 4.85. The summed E-state index contributed by atoms with van der Waals surface area (Å²) < 4.78 is 13.1. The van der Waals surface area contributed by atoms with Crippen LogP contribution in [0.25, 0.3) is 0 Å². The Balaban J connectivity index is 2.47. The van der Waals surface area contributed by atoms with E-state index in [-0.39, 0.29) is 5.82 Å².